The van der Waals surface area contributed by atoms with E-state index >= 15 is 0 Å². The maximum Gasteiger partial charge on any atom is 0.0478 e. The van der Waals surface area contributed by atoms with Crippen molar-refractivity contribution in [2.24, 2.45) is 11.7 Å². The minimum Gasteiger partial charge on any atom is -0.403 e. The van der Waals surface area contributed by atoms with E-state index in [0.29, 0.717) is 11.6 Å². The topological polar surface area (TPSA) is 32.5 Å². The van der Waals surface area contributed by atoms with Gasteiger partial charge in [-0.15, -0.1) is 0 Å². The van der Waals surface area contributed by atoms with Crippen LogP contribution >= 0.6 is 0 Å². The molecule has 42 heavy (non-hydrogen) atoms. The fourth-order valence-corrected chi connectivity index (χ4v) is 4.91. The lowest BCUT2D eigenvalue weighted by atomic mass is 9.86. The van der Waals surface area contributed by atoms with E-state index in [0.717, 1.165) is 25.0 Å². The zero-order valence-corrected chi connectivity index (χ0v) is 26.6. The molecule has 1 aliphatic carbocycles. The summed E-state index contributed by atoms with van der Waals surface area (Å²) >= 11 is 0. The van der Waals surface area contributed by atoms with Gasteiger partial charge in [0.2, 0.25) is 0 Å². The van der Waals surface area contributed by atoms with E-state index in [1.54, 1.807) is 6.92 Å². The Hall–Kier alpha value is -3.98. The highest BCUT2D eigenvalue weighted by atomic mass is 15.1. The van der Waals surface area contributed by atoms with Crippen molar-refractivity contribution in [2.75, 3.05) is 30.4 Å². The van der Waals surface area contributed by atoms with Crippen LogP contribution in [0.25, 0.3) is 6.08 Å². The first kappa shape index (κ1) is 34.2. The summed E-state index contributed by atoms with van der Waals surface area (Å²) in [6, 6.07) is 17.6. The molecule has 0 atom stereocenters. The number of rotatable bonds is 13. The van der Waals surface area contributed by atoms with Gasteiger partial charge in [0.25, 0.3) is 0 Å². The fraction of sp³-hybridized carbons (Fsp3) is 0.333. The van der Waals surface area contributed by atoms with E-state index in [1.807, 2.05) is 6.08 Å². The summed E-state index contributed by atoms with van der Waals surface area (Å²) in [7, 11) is 4.14. The van der Waals surface area contributed by atoms with Crippen LogP contribution in [0.1, 0.15) is 63.5 Å². The van der Waals surface area contributed by atoms with E-state index < -0.39 is 0 Å². The predicted octanol–water partition coefficient (Wildman–Crippen LogP) is 10.0. The minimum atomic E-state index is 0.534. The molecular weight excluding hydrogens is 510 g/mol. The van der Waals surface area contributed by atoms with Crippen molar-refractivity contribution < 1.29 is 0 Å². The van der Waals surface area contributed by atoms with Gasteiger partial charge >= 0.3 is 0 Å². The highest BCUT2D eigenvalue weighted by molar-refractivity contribution is 5.63. The summed E-state index contributed by atoms with van der Waals surface area (Å²) in [4.78, 5) is 4.55. The molecule has 1 saturated carbocycles. The minimum absolute atomic E-state index is 0.534. The lowest BCUT2D eigenvalue weighted by Gasteiger charge is -2.34. The van der Waals surface area contributed by atoms with Crippen LogP contribution in [0.15, 0.2) is 128 Å². The van der Waals surface area contributed by atoms with Crippen molar-refractivity contribution in [2.45, 2.75) is 58.8 Å². The second-order valence-electron chi connectivity index (χ2n) is 11.3. The van der Waals surface area contributed by atoms with E-state index in [-0.39, 0.29) is 0 Å². The third-order valence-corrected chi connectivity index (χ3v) is 7.38. The van der Waals surface area contributed by atoms with Gasteiger partial charge in [-0.1, -0.05) is 119 Å². The molecule has 0 amide bonds. The third kappa shape index (κ3) is 12.3. The second kappa shape index (κ2) is 18.5. The molecule has 0 aromatic heterocycles. The lowest BCUT2D eigenvalue weighted by Crippen LogP contribution is -2.29. The van der Waals surface area contributed by atoms with Crippen LogP contribution in [0.4, 0.5) is 11.4 Å². The van der Waals surface area contributed by atoms with Crippen LogP contribution < -0.4 is 15.5 Å². The molecular formula is C39H53N3. The van der Waals surface area contributed by atoms with E-state index in [9.17, 15) is 0 Å². The van der Waals surface area contributed by atoms with E-state index in [1.165, 1.54) is 65.9 Å². The van der Waals surface area contributed by atoms with Gasteiger partial charge in [-0.3, -0.25) is 0 Å². The molecule has 0 heterocycles. The lowest BCUT2D eigenvalue weighted by molar-refractivity contribution is 0.397. The van der Waals surface area contributed by atoms with E-state index in [4.69, 9.17) is 5.73 Å². The molecule has 0 saturated heterocycles. The first-order valence-electron chi connectivity index (χ1n) is 15.2. The van der Waals surface area contributed by atoms with Crippen LogP contribution in [0.3, 0.4) is 0 Å². The predicted molar refractivity (Wildman–Crippen MR) is 189 cm³/mol. The molecule has 0 aliphatic heterocycles. The van der Waals surface area contributed by atoms with Crippen LogP contribution in [-0.2, 0) is 6.42 Å². The van der Waals surface area contributed by atoms with Crippen molar-refractivity contribution >= 4 is 17.5 Å². The first-order valence-corrected chi connectivity index (χ1v) is 15.2. The van der Waals surface area contributed by atoms with Gasteiger partial charge < -0.3 is 15.5 Å². The van der Waals surface area contributed by atoms with Crippen molar-refractivity contribution in [1.29, 1.82) is 0 Å². The zero-order valence-electron chi connectivity index (χ0n) is 26.6. The highest BCUT2D eigenvalue weighted by Gasteiger charge is 2.22. The number of benzene rings is 2. The highest BCUT2D eigenvalue weighted by Crippen LogP contribution is 2.34. The Morgan fingerprint density at radius 2 is 1.62 bits per heavy atom. The third-order valence-electron chi connectivity index (χ3n) is 7.38. The molecule has 0 radical (unpaired) electrons. The SMILES string of the molecule is C=C(C)N.C=C/C=C(\C=C/Cc1ccc(N(C)C)cc1)CN(C(=C)C1CCCCC1)c1cccc(/C=C/C(=C)CC)c1. The number of allylic oxidation sites excluding steroid dienone is 7. The number of hydrogen-bond donors (Lipinski definition) is 1. The van der Waals surface area contributed by atoms with Gasteiger partial charge in [0, 0.05) is 37.7 Å². The van der Waals surface area contributed by atoms with Gasteiger partial charge in [-0.25, -0.2) is 0 Å². The molecule has 3 rings (SSSR count). The maximum atomic E-state index is 4.92. The Kier molecular flexibility index (Phi) is 15.0. The maximum absolute atomic E-state index is 4.92. The standard InChI is InChI=1S/C36H46N2.C3H7N/c1-7-14-33(17-12-15-31-23-25-35(26-24-31)37(5)6)28-38(30(4)34-18-10-9-11-19-34)36-20-13-16-32(27-36)22-21-29(3)8-2;1-3(2)4/h7,12-14,16-17,20-27,34H,1,3-4,8-11,15,18-19,28H2,2,5-6H3;1,4H2,2H3/b17-12-,22-21+,33-14+;. The van der Waals surface area contributed by atoms with Crippen molar-refractivity contribution in [3.05, 3.63) is 139 Å². The van der Waals surface area contributed by atoms with Gasteiger partial charge in [-0.05, 0) is 85.2 Å². The van der Waals surface area contributed by atoms with E-state index in [2.05, 4.69) is 136 Å². The number of hydrogen-bond acceptors (Lipinski definition) is 3. The molecule has 1 fully saturated rings. The summed E-state index contributed by atoms with van der Waals surface area (Å²) < 4.78 is 0. The Morgan fingerprint density at radius 1 is 0.952 bits per heavy atom. The average Bonchev–Trinajstić information content (AvgIpc) is 2.98. The smallest absolute Gasteiger partial charge is 0.0478 e. The van der Waals surface area contributed by atoms with Gasteiger partial charge in [0.1, 0.15) is 0 Å². The molecule has 0 spiro atoms. The number of anilines is 2. The number of nitrogens with zero attached hydrogens (tertiary/aromatic N) is 2. The Labute approximate surface area is 256 Å². The largest absolute Gasteiger partial charge is 0.403 e. The summed E-state index contributed by atoms with van der Waals surface area (Å²) in [5, 5.41) is 0. The second-order valence-corrected chi connectivity index (χ2v) is 11.3. The monoisotopic (exact) mass is 563 g/mol. The van der Waals surface area contributed by atoms with Crippen molar-refractivity contribution in [3.63, 3.8) is 0 Å². The molecule has 1 aliphatic rings. The van der Waals surface area contributed by atoms with Crippen LogP contribution in [0, 0.1) is 5.92 Å². The molecule has 224 valence electrons. The molecule has 2 aromatic rings. The average molecular weight is 564 g/mol. The van der Waals surface area contributed by atoms with Gasteiger partial charge in [-0.2, -0.15) is 0 Å². The molecule has 3 heteroatoms. The molecule has 2 N–H and O–H groups in total. The Bertz CT molecular complexity index is 1250. The summed E-state index contributed by atoms with van der Waals surface area (Å²) in [5.74, 6) is 0.534. The quantitative estimate of drug-likeness (QED) is 0.246. The Balaban J connectivity index is 0.00000144. The van der Waals surface area contributed by atoms with Gasteiger partial charge in [0.05, 0.1) is 0 Å². The first-order chi connectivity index (χ1) is 20.1. The fourth-order valence-electron chi connectivity index (χ4n) is 4.91. The molecule has 3 nitrogen and oxygen atoms in total. The Morgan fingerprint density at radius 3 is 2.21 bits per heavy atom. The molecule has 2 aromatic carbocycles. The van der Waals surface area contributed by atoms with Crippen molar-refractivity contribution in [1.82, 2.24) is 0 Å². The summed E-state index contributed by atoms with van der Waals surface area (Å²) in [6.45, 7) is 20.8. The van der Waals surface area contributed by atoms with Crippen molar-refractivity contribution in [3.8, 4) is 0 Å². The molecule has 0 unspecified atom stereocenters. The molecule has 0 bridgehead atoms. The van der Waals surface area contributed by atoms with Crippen LogP contribution in [0.2, 0.25) is 0 Å². The zero-order chi connectivity index (χ0) is 30.9. The van der Waals surface area contributed by atoms with Crippen LogP contribution in [0.5, 0.6) is 0 Å². The van der Waals surface area contributed by atoms with Gasteiger partial charge in [0.15, 0.2) is 0 Å². The van der Waals surface area contributed by atoms with Crippen LogP contribution in [-0.4, -0.2) is 20.6 Å². The number of nitrogens with two attached hydrogens (primary N) is 1. The normalized spacial score (nSPS) is 13.9. The summed E-state index contributed by atoms with van der Waals surface area (Å²) in [6.07, 6.45) is 21.0. The summed E-state index contributed by atoms with van der Waals surface area (Å²) in [5.41, 5.74) is 14.1.